The van der Waals surface area contributed by atoms with E-state index in [1.54, 1.807) is 0 Å². The van der Waals surface area contributed by atoms with Crippen LogP contribution in [-0.2, 0) is 28.5 Å². The average Bonchev–Trinajstić information content (AvgIpc) is 1.41. The van der Waals surface area contributed by atoms with Gasteiger partial charge in [-0.25, -0.2) is 0 Å². The zero-order valence-corrected chi connectivity index (χ0v) is 5.38. The molecular weight excluding hydrogens is 116 g/mol. The Morgan fingerprint density at radius 3 is 1.33 bits per heavy atom. The quantitative estimate of drug-likeness (QED) is 0.437. The molecule has 3 heteroatoms. The number of carbonyl (C=O) groups excluding carboxylic acids is 1. The summed E-state index contributed by atoms with van der Waals surface area (Å²) < 4.78 is 8.25. The molecule has 0 saturated heterocycles. The Morgan fingerprint density at radius 1 is 1.33 bits per heavy atom. The molecule has 0 aromatic carbocycles. The van der Waals surface area contributed by atoms with E-state index in [9.17, 15) is 4.79 Å². The van der Waals surface area contributed by atoms with Crippen LogP contribution in [0.1, 0.15) is 13.8 Å². The molecule has 34 valence electrons. The van der Waals surface area contributed by atoms with Crippen LogP contribution in [0.3, 0.4) is 0 Å². The van der Waals surface area contributed by atoms with Crippen LogP contribution in [-0.4, -0.2) is 5.78 Å². The SMILES string of the molecule is CC(C)=O.[O]=[Ti]. The predicted octanol–water partition coefficient (Wildman–Crippen LogP) is 0.474. The van der Waals surface area contributed by atoms with Gasteiger partial charge in [-0.2, -0.15) is 0 Å². The number of ketones is 1. The zero-order chi connectivity index (χ0) is 5.58. The van der Waals surface area contributed by atoms with E-state index >= 15 is 0 Å². The van der Waals surface area contributed by atoms with E-state index in [1.807, 2.05) is 0 Å². The fourth-order valence-electron chi connectivity index (χ4n) is 0. The fourth-order valence-corrected chi connectivity index (χ4v) is 0. The van der Waals surface area contributed by atoms with Gasteiger partial charge in [0.1, 0.15) is 5.78 Å². The van der Waals surface area contributed by atoms with Gasteiger partial charge in [-0.05, 0) is 13.8 Å². The second kappa shape index (κ2) is 8.95. The number of hydrogen-bond donors (Lipinski definition) is 0. The Hall–Kier alpha value is 0.184. The summed E-state index contributed by atoms with van der Waals surface area (Å²) in [6.07, 6.45) is 0. The minimum absolute atomic E-state index is 0.167. The zero-order valence-electron chi connectivity index (χ0n) is 3.82. The maximum absolute atomic E-state index is 9.44. The summed E-state index contributed by atoms with van der Waals surface area (Å²) in [7, 11) is 0. The Balaban J connectivity index is 0. The molecule has 0 aromatic heterocycles. The van der Waals surface area contributed by atoms with Crippen molar-refractivity contribution in [2.75, 3.05) is 0 Å². The van der Waals surface area contributed by atoms with E-state index in [4.69, 9.17) is 3.32 Å². The van der Waals surface area contributed by atoms with Gasteiger partial charge in [0.05, 0.1) is 0 Å². The number of hydrogen-bond acceptors (Lipinski definition) is 2. The van der Waals surface area contributed by atoms with Crippen molar-refractivity contribution in [1.29, 1.82) is 0 Å². The Labute approximate surface area is 48.7 Å². The fraction of sp³-hybridized carbons (Fsp3) is 0.667. The third-order valence-corrected chi connectivity index (χ3v) is 0. The van der Waals surface area contributed by atoms with Gasteiger partial charge in [0.15, 0.2) is 0 Å². The second-order valence-corrected chi connectivity index (χ2v) is 0.908. The minimum atomic E-state index is 0.167. The van der Waals surface area contributed by atoms with Crippen LogP contribution in [0, 0.1) is 0 Å². The molecule has 2 nitrogen and oxygen atoms in total. The summed E-state index contributed by atoms with van der Waals surface area (Å²) in [6, 6.07) is 0. The molecule has 0 N–H and O–H groups in total. The Bertz CT molecular complexity index is 40.1. The molecule has 0 unspecified atom stereocenters. The van der Waals surface area contributed by atoms with Gasteiger partial charge in [0, 0.05) is 0 Å². The molecule has 0 bridgehead atoms. The Kier molecular flexibility index (Phi) is 14.2. The van der Waals surface area contributed by atoms with E-state index in [0.717, 1.165) is 20.4 Å². The van der Waals surface area contributed by atoms with Crippen molar-refractivity contribution in [3.63, 3.8) is 0 Å². The molecule has 0 aliphatic rings. The maximum atomic E-state index is 9.44. The van der Waals surface area contributed by atoms with Crippen LogP contribution >= 0.6 is 0 Å². The van der Waals surface area contributed by atoms with Crippen LogP contribution in [0.25, 0.3) is 0 Å². The summed E-state index contributed by atoms with van der Waals surface area (Å²) in [6.45, 7) is 3.06. The standard InChI is InChI=1S/C3H6O.O.Ti/c1-3(2)4;;/h1-2H3;;. The molecule has 0 amide bonds. The van der Waals surface area contributed by atoms with Gasteiger partial charge >= 0.3 is 23.7 Å². The first-order chi connectivity index (χ1) is 2.73. The summed E-state index contributed by atoms with van der Waals surface area (Å²) in [5.74, 6) is 0.167. The van der Waals surface area contributed by atoms with Crippen LogP contribution in [0.2, 0.25) is 0 Å². The van der Waals surface area contributed by atoms with E-state index in [1.165, 1.54) is 13.8 Å². The third kappa shape index (κ3) is 1250. The third-order valence-electron chi connectivity index (χ3n) is 0. The van der Waals surface area contributed by atoms with E-state index < -0.39 is 0 Å². The predicted molar refractivity (Wildman–Crippen MR) is 17.0 cm³/mol. The number of rotatable bonds is 0. The van der Waals surface area contributed by atoms with Gasteiger partial charge < -0.3 is 4.79 Å². The van der Waals surface area contributed by atoms with E-state index in [2.05, 4.69) is 0 Å². The molecule has 0 aliphatic heterocycles. The second-order valence-electron chi connectivity index (χ2n) is 0.908. The summed E-state index contributed by atoms with van der Waals surface area (Å²) in [4.78, 5) is 9.44. The monoisotopic (exact) mass is 122 g/mol. The van der Waals surface area contributed by atoms with Gasteiger partial charge in [-0.3, -0.25) is 0 Å². The van der Waals surface area contributed by atoms with Crippen molar-refractivity contribution in [3.8, 4) is 0 Å². The van der Waals surface area contributed by atoms with Gasteiger partial charge in [0.25, 0.3) is 0 Å². The molecule has 0 rings (SSSR count). The number of carbonyl (C=O) groups is 1. The van der Waals surface area contributed by atoms with Crippen molar-refractivity contribution in [3.05, 3.63) is 0 Å². The van der Waals surface area contributed by atoms with Crippen molar-refractivity contribution >= 4 is 5.78 Å². The van der Waals surface area contributed by atoms with Crippen LogP contribution in [0.4, 0.5) is 0 Å². The first kappa shape index (κ1) is 9.49. The molecule has 0 atom stereocenters. The molecule has 0 fully saturated rings. The van der Waals surface area contributed by atoms with Crippen LogP contribution in [0.5, 0.6) is 0 Å². The molecule has 0 aromatic rings. The molecule has 6 heavy (non-hydrogen) atoms. The van der Waals surface area contributed by atoms with Crippen molar-refractivity contribution in [2.45, 2.75) is 13.8 Å². The summed E-state index contributed by atoms with van der Waals surface area (Å²) >= 11 is 0.750. The molecule has 0 heterocycles. The summed E-state index contributed by atoms with van der Waals surface area (Å²) in [5, 5.41) is 0. The van der Waals surface area contributed by atoms with Gasteiger partial charge in [-0.1, -0.05) is 0 Å². The van der Waals surface area contributed by atoms with Crippen LogP contribution < -0.4 is 0 Å². The first-order valence-corrected chi connectivity index (χ1v) is 2.05. The van der Waals surface area contributed by atoms with Crippen LogP contribution in [0.15, 0.2) is 0 Å². The molecule has 0 radical (unpaired) electrons. The van der Waals surface area contributed by atoms with E-state index in [-0.39, 0.29) is 5.78 Å². The van der Waals surface area contributed by atoms with E-state index in [0.29, 0.717) is 0 Å². The topological polar surface area (TPSA) is 34.1 Å². The molecule has 0 spiro atoms. The van der Waals surface area contributed by atoms with Gasteiger partial charge in [0.2, 0.25) is 0 Å². The van der Waals surface area contributed by atoms with Crippen molar-refractivity contribution < 1.29 is 28.5 Å². The molecule has 0 saturated carbocycles. The van der Waals surface area contributed by atoms with Crippen molar-refractivity contribution in [1.82, 2.24) is 0 Å². The molecule has 0 aliphatic carbocycles. The van der Waals surface area contributed by atoms with Gasteiger partial charge in [-0.15, -0.1) is 0 Å². The number of Topliss-reactive ketones (excluding diaryl/α,β-unsaturated/α-hetero) is 1. The normalized spacial score (nSPS) is 4.83. The van der Waals surface area contributed by atoms with Crippen molar-refractivity contribution in [2.24, 2.45) is 0 Å². The molecular formula is C3H6O2Ti. The average molecular weight is 122 g/mol. The first-order valence-electron chi connectivity index (χ1n) is 1.41. The summed E-state index contributed by atoms with van der Waals surface area (Å²) in [5.41, 5.74) is 0. The Morgan fingerprint density at radius 2 is 1.33 bits per heavy atom.